The van der Waals surface area contributed by atoms with Crippen molar-refractivity contribution in [1.82, 2.24) is 20.3 Å². The van der Waals surface area contributed by atoms with Crippen molar-refractivity contribution in [3.8, 4) is 17.0 Å². The van der Waals surface area contributed by atoms with Gasteiger partial charge in [0.25, 0.3) is 0 Å². The third-order valence-corrected chi connectivity index (χ3v) is 3.87. The lowest BCUT2D eigenvalue weighted by Gasteiger charge is -2.07. The van der Waals surface area contributed by atoms with E-state index >= 15 is 0 Å². The van der Waals surface area contributed by atoms with Gasteiger partial charge in [0.15, 0.2) is 0 Å². The second kappa shape index (κ2) is 7.76. The maximum Gasteiger partial charge on any atom is 0.224 e. The molecule has 2 N–H and O–H groups in total. The number of carbonyl (C=O) groups is 1. The van der Waals surface area contributed by atoms with Crippen LogP contribution in [-0.4, -0.2) is 48.2 Å². The van der Waals surface area contributed by atoms with E-state index in [0.29, 0.717) is 19.0 Å². The van der Waals surface area contributed by atoms with Gasteiger partial charge in [0.2, 0.25) is 11.8 Å². The number of hydrogen-bond acceptors (Lipinski definition) is 5. The van der Waals surface area contributed by atoms with Crippen LogP contribution in [-0.2, 0) is 16.0 Å². The molecule has 130 valence electrons. The zero-order valence-corrected chi connectivity index (χ0v) is 14.2. The maximum absolute atomic E-state index is 12.1. The van der Waals surface area contributed by atoms with Crippen molar-refractivity contribution in [1.29, 1.82) is 0 Å². The third-order valence-electron chi connectivity index (χ3n) is 3.87. The number of ether oxygens (including phenoxy) is 2. The van der Waals surface area contributed by atoms with E-state index in [-0.39, 0.29) is 12.3 Å². The maximum atomic E-state index is 12.1. The molecule has 0 bridgehead atoms. The molecule has 1 amide bonds. The lowest BCUT2D eigenvalue weighted by molar-refractivity contribution is -0.120. The first-order valence-corrected chi connectivity index (χ1v) is 7.94. The number of rotatable bonds is 7. The molecule has 0 unspecified atom stereocenters. The van der Waals surface area contributed by atoms with Crippen molar-refractivity contribution >= 4 is 16.9 Å². The highest BCUT2D eigenvalue weighted by molar-refractivity contribution is 5.89. The molecule has 0 aliphatic rings. The molecule has 25 heavy (non-hydrogen) atoms. The van der Waals surface area contributed by atoms with Crippen LogP contribution in [0.4, 0.5) is 0 Å². The molecule has 7 nitrogen and oxygen atoms in total. The standard InChI is InChI=1S/C18H20N4O3/c1-24-7-6-19-16(23)9-13-11-22-17-15(13)8-12(10-21-17)14-4-3-5-20-18(14)25-2/h3-5,8,10-11H,6-7,9H2,1-2H3,(H,19,23)(H,21,22). The van der Waals surface area contributed by atoms with Crippen molar-refractivity contribution in [2.24, 2.45) is 0 Å². The number of amides is 1. The van der Waals surface area contributed by atoms with Crippen LogP contribution in [0.5, 0.6) is 5.88 Å². The minimum atomic E-state index is -0.0534. The van der Waals surface area contributed by atoms with E-state index in [1.807, 2.05) is 24.4 Å². The molecule has 0 fully saturated rings. The summed E-state index contributed by atoms with van der Waals surface area (Å²) >= 11 is 0. The summed E-state index contributed by atoms with van der Waals surface area (Å²) in [5.74, 6) is 0.486. The van der Waals surface area contributed by atoms with E-state index in [1.54, 1.807) is 26.6 Å². The van der Waals surface area contributed by atoms with E-state index in [1.165, 1.54) is 0 Å². The Labute approximate surface area is 145 Å². The number of nitrogens with one attached hydrogen (secondary N) is 2. The SMILES string of the molecule is COCCNC(=O)Cc1c[nH]c2ncc(-c3cccnc3OC)cc12. The van der Waals surface area contributed by atoms with E-state index in [2.05, 4.69) is 20.3 Å². The van der Waals surface area contributed by atoms with Gasteiger partial charge in [0.1, 0.15) is 5.65 Å². The van der Waals surface area contributed by atoms with Crippen molar-refractivity contribution < 1.29 is 14.3 Å². The molecule has 0 aliphatic carbocycles. The lowest BCUT2D eigenvalue weighted by Crippen LogP contribution is -2.28. The number of hydrogen-bond donors (Lipinski definition) is 2. The van der Waals surface area contributed by atoms with Gasteiger partial charge < -0.3 is 19.8 Å². The van der Waals surface area contributed by atoms with Gasteiger partial charge in [-0.2, -0.15) is 0 Å². The van der Waals surface area contributed by atoms with Gasteiger partial charge in [-0.1, -0.05) is 0 Å². The van der Waals surface area contributed by atoms with Crippen LogP contribution in [0.2, 0.25) is 0 Å². The first-order valence-electron chi connectivity index (χ1n) is 7.94. The van der Waals surface area contributed by atoms with Crippen molar-refractivity contribution in [3.63, 3.8) is 0 Å². The minimum absolute atomic E-state index is 0.0534. The number of aromatic nitrogens is 3. The van der Waals surface area contributed by atoms with E-state index in [9.17, 15) is 4.79 Å². The van der Waals surface area contributed by atoms with Gasteiger partial charge in [-0.15, -0.1) is 0 Å². The average molecular weight is 340 g/mol. The summed E-state index contributed by atoms with van der Waals surface area (Å²) < 4.78 is 10.3. The Balaban J connectivity index is 1.88. The largest absolute Gasteiger partial charge is 0.481 e. The van der Waals surface area contributed by atoms with Crippen molar-refractivity contribution in [2.45, 2.75) is 6.42 Å². The Morgan fingerprint density at radius 3 is 3.00 bits per heavy atom. The molecule has 0 atom stereocenters. The Kier molecular flexibility index (Phi) is 5.25. The highest BCUT2D eigenvalue weighted by Gasteiger charge is 2.13. The number of pyridine rings is 2. The first-order chi connectivity index (χ1) is 12.2. The van der Waals surface area contributed by atoms with Crippen LogP contribution in [0.25, 0.3) is 22.2 Å². The summed E-state index contributed by atoms with van der Waals surface area (Å²) in [4.78, 5) is 23.8. The molecule has 3 rings (SSSR count). The number of carbonyl (C=O) groups excluding carboxylic acids is 1. The monoisotopic (exact) mass is 340 g/mol. The minimum Gasteiger partial charge on any atom is -0.481 e. The number of nitrogens with zero attached hydrogens (tertiary/aromatic N) is 2. The van der Waals surface area contributed by atoms with Gasteiger partial charge in [0.05, 0.1) is 20.1 Å². The summed E-state index contributed by atoms with van der Waals surface area (Å²) in [6.45, 7) is 0.986. The molecule has 3 aromatic rings. The zero-order chi connectivity index (χ0) is 17.6. The average Bonchev–Trinajstić information content (AvgIpc) is 3.04. The van der Waals surface area contributed by atoms with Crippen molar-refractivity contribution in [3.05, 3.63) is 42.4 Å². The molecule has 0 spiro atoms. The van der Waals surface area contributed by atoms with Crippen LogP contribution in [0.1, 0.15) is 5.56 Å². The molecule has 0 aliphatic heterocycles. The Hall–Kier alpha value is -2.93. The highest BCUT2D eigenvalue weighted by atomic mass is 16.5. The zero-order valence-electron chi connectivity index (χ0n) is 14.2. The molecular weight excluding hydrogens is 320 g/mol. The molecule has 3 aromatic heterocycles. The van der Waals surface area contributed by atoms with Gasteiger partial charge in [0, 0.05) is 48.8 Å². The van der Waals surface area contributed by atoms with Gasteiger partial charge in [-0.05, 0) is 23.8 Å². The normalized spacial score (nSPS) is 10.8. The summed E-state index contributed by atoms with van der Waals surface area (Å²) in [7, 11) is 3.19. The second-order valence-corrected chi connectivity index (χ2v) is 5.51. The predicted octanol–water partition coefficient (Wildman–Crippen LogP) is 1.94. The summed E-state index contributed by atoms with van der Waals surface area (Å²) in [6, 6.07) is 5.78. The van der Waals surface area contributed by atoms with E-state index in [0.717, 1.165) is 27.7 Å². The lowest BCUT2D eigenvalue weighted by atomic mass is 10.1. The van der Waals surface area contributed by atoms with Crippen LogP contribution >= 0.6 is 0 Å². The Bertz CT molecular complexity index is 876. The highest BCUT2D eigenvalue weighted by Crippen LogP contribution is 2.30. The molecule has 0 saturated carbocycles. The molecule has 3 heterocycles. The van der Waals surface area contributed by atoms with Gasteiger partial charge in [-0.3, -0.25) is 4.79 Å². The predicted molar refractivity (Wildman–Crippen MR) is 94.5 cm³/mol. The van der Waals surface area contributed by atoms with Gasteiger partial charge >= 0.3 is 0 Å². The molecule has 0 saturated heterocycles. The van der Waals surface area contributed by atoms with Crippen LogP contribution in [0.3, 0.4) is 0 Å². The van der Waals surface area contributed by atoms with Crippen LogP contribution < -0.4 is 10.1 Å². The molecule has 0 aromatic carbocycles. The topological polar surface area (TPSA) is 89.1 Å². The quantitative estimate of drug-likeness (QED) is 0.642. The van der Waals surface area contributed by atoms with Gasteiger partial charge in [-0.25, -0.2) is 9.97 Å². The number of aromatic amines is 1. The fourth-order valence-electron chi connectivity index (χ4n) is 2.65. The smallest absolute Gasteiger partial charge is 0.224 e. The van der Waals surface area contributed by atoms with Crippen LogP contribution in [0, 0.1) is 0 Å². The fourth-order valence-corrected chi connectivity index (χ4v) is 2.65. The van der Waals surface area contributed by atoms with E-state index < -0.39 is 0 Å². The number of fused-ring (bicyclic) bond motifs is 1. The fraction of sp³-hybridized carbons (Fsp3) is 0.278. The summed E-state index contributed by atoms with van der Waals surface area (Å²) in [5.41, 5.74) is 3.38. The van der Waals surface area contributed by atoms with E-state index in [4.69, 9.17) is 9.47 Å². The molecular formula is C18H20N4O3. The van der Waals surface area contributed by atoms with Crippen molar-refractivity contribution in [2.75, 3.05) is 27.4 Å². The number of methoxy groups -OCH3 is 2. The Morgan fingerprint density at radius 1 is 1.32 bits per heavy atom. The van der Waals surface area contributed by atoms with Crippen LogP contribution in [0.15, 0.2) is 36.8 Å². The summed E-state index contributed by atoms with van der Waals surface area (Å²) in [5, 5.41) is 3.73. The first kappa shape index (κ1) is 16.9. The molecule has 0 radical (unpaired) electrons. The second-order valence-electron chi connectivity index (χ2n) is 5.51. The number of H-pyrrole nitrogens is 1. The third kappa shape index (κ3) is 3.77. The summed E-state index contributed by atoms with van der Waals surface area (Å²) in [6.07, 6.45) is 5.54. The Morgan fingerprint density at radius 2 is 2.20 bits per heavy atom. The molecule has 7 heteroatoms.